The van der Waals surface area contributed by atoms with Crippen molar-refractivity contribution in [3.05, 3.63) is 39.3 Å². The predicted octanol–water partition coefficient (Wildman–Crippen LogP) is 4.48. The van der Waals surface area contributed by atoms with Crippen LogP contribution in [-0.2, 0) is 16.1 Å². The van der Waals surface area contributed by atoms with Crippen molar-refractivity contribution in [3.63, 3.8) is 0 Å². The first-order valence-electron chi connectivity index (χ1n) is 10.2. The average Bonchev–Trinajstić information content (AvgIpc) is 3.06. The summed E-state index contributed by atoms with van der Waals surface area (Å²) in [6.07, 6.45) is 13.3. The number of thioether (sulfide) groups is 1. The molecule has 0 saturated carbocycles. The van der Waals surface area contributed by atoms with E-state index < -0.39 is 0 Å². The summed E-state index contributed by atoms with van der Waals surface area (Å²) >= 11 is 4.38. The summed E-state index contributed by atoms with van der Waals surface area (Å²) in [6, 6.07) is 5.84. The molecule has 2 aliphatic rings. The molecule has 0 N–H and O–H groups in total. The highest BCUT2D eigenvalue weighted by Crippen LogP contribution is 2.34. The molecule has 2 aromatic rings. The van der Waals surface area contributed by atoms with Gasteiger partial charge >= 0.3 is 0 Å². The lowest BCUT2D eigenvalue weighted by molar-refractivity contribution is -0.131. The SMILES string of the molecule is C#CCN1C(=O)S/C(=C\c2cn(CC(=O)N3CCCCCC3)c3ccc(Br)cc23)C1=O. The lowest BCUT2D eigenvalue weighted by Crippen LogP contribution is -2.34. The quantitative estimate of drug-likeness (QED) is 0.459. The van der Waals surface area contributed by atoms with Gasteiger partial charge in [-0.1, -0.05) is 34.7 Å². The van der Waals surface area contributed by atoms with Crippen LogP contribution in [0.4, 0.5) is 4.79 Å². The van der Waals surface area contributed by atoms with Crippen LogP contribution in [0.3, 0.4) is 0 Å². The molecule has 1 aromatic carbocycles. The number of terminal acetylenes is 1. The zero-order valence-electron chi connectivity index (χ0n) is 17.0. The first-order valence-corrected chi connectivity index (χ1v) is 11.8. The minimum atomic E-state index is -0.385. The Bertz CT molecular complexity index is 1120. The van der Waals surface area contributed by atoms with Crippen molar-refractivity contribution in [3.8, 4) is 12.3 Å². The highest BCUT2D eigenvalue weighted by Gasteiger charge is 2.34. The maximum Gasteiger partial charge on any atom is 0.294 e. The maximum atomic E-state index is 12.9. The number of imide groups is 1. The second kappa shape index (κ2) is 9.33. The Morgan fingerprint density at radius 3 is 2.65 bits per heavy atom. The number of aromatic nitrogens is 1. The van der Waals surface area contributed by atoms with Crippen LogP contribution < -0.4 is 0 Å². The van der Waals surface area contributed by atoms with Crippen LogP contribution in [-0.4, -0.2) is 51.1 Å². The third kappa shape index (κ3) is 4.58. The third-order valence-corrected chi connectivity index (χ3v) is 6.95. The van der Waals surface area contributed by atoms with Gasteiger partial charge in [-0.25, -0.2) is 0 Å². The molecule has 1 aromatic heterocycles. The summed E-state index contributed by atoms with van der Waals surface area (Å²) in [5.41, 5.74) is 1.69. The van der Waals surface area contributed by atoms with E-state index in [2.05, 4.69) is 21.9 Å². The second-order valence-corrected chi connectivity index (χ2v) is 9.55. The van der Waals surface area contributed by atoms with Gasteiger partial charge in [-0.15, -0.1) is 6.42 Å². The van der Waals surface area contributed by atoms with E-state index in [-0.39, 0.29) is 30.1 Å². The molecule has 3 amide bonds. The van der Waals surface area contributed by atoms with Crippen LogP contribution in [0.15, 0.2) is 33.8 Å². The Balaban J connectivity index is 1.67. The molecule has 0 unspecified atom stereocenters. The molecule has 0 radical (unpaired) electrons. The van der Waals surface area contributed by atoms with Gasteiger partial charge in [0.1, 0.15) is 6.54 Å². The number of hydrogen-bond donors (Lipinski definition) is 0. The molecule has 0 aliphatic carbocycles. The number of carbonyl (C=O) groups is 3. The van der Waals surface area contributed by atoms with Crippen molar-refractivity contribution in [2.45, 2.75) is 32.2 Å². The summed E-state index contributed by atoms with van der Waals surface area (Å²) in [5, 5.41) is 0.539. The molecule has 2 fully saturated rings. The van der Waals surface area contributed by atoms with Gasteiger partial charge in [0.05, 0.1) is 11.4 Å². The molecular weight excluding hydrogens is 478 g/mol. The molecular formula is C23H22BrN3O3S. The van der Waals surface area contributed by atoms with Crippen LogP contribution in [0.25, 0.3) is 17.0 Å². The summed E-state index contributed by atoms with van der Waals surface area (Å²) in [6.45, 7) is 1.81. The Morgan fingerprint density at radius 2 is 1.94 bits per heavy atom. The molecule has 0 spiro atoms. The fraction of sp³-hybridized carbons (Fsp3) is 0.348. The fourth-order valence-electron chi connectivity index (χ4n) is 3.98. The molecule has 8 heteroatoms. The van der Waals surface area contributed by atoms with E-state index in [1.807, 2.05) is 33.9 Å². The van der Waals surface area contributed by atoms with E-state index in [4.69, 9.17) is 6.42 Å². The van der Waals surface area contributed by atoms with Crippen molar-refractivity contribution in [2.75, 3.05) is 19.6 Å². The maximum absolute atomic E-state index is 12.9. The van der Waals surface area contributed by atoms with Crippen LogP contribution in [0.5, 0.6) is 0 Å². The van der Waals surface area contributed by atoms with Crippen molar-refractivity contribution in [1.82, 2.24) is 14.4 Å². The Morgan fingerprint density at radius 1 is 1.19 bits per heavy atom. The Labute approximate surface area is 193 Å². The van der Waals surface area contributed by atoms with Gasteiger partial charge in [-0.05, 0) is 48.9 Å². The van der Waals surface area contributed by atoms with Gasteiger partial charge in [-0.3, -0.25) is 19.3 Å². The summed E-state index contributed by atoms with van der Waals surface area (Å²) in [4.78, 5) is 41.0. The molecule has 0 atom stereocenters. The van der Waals surface area contributed by atoms with E-state index in [1.54, 1.807) is 6.08 Å². The molecule has 2 saturated heterocycles. The standard InChI is InChI=1S/C23H22BrN3O3S/c1-2-9-27-22(29)20(31-23(27)30)12-16-14-26(19-8-7-17(24)13-18(16)19)15-21(28)25-10-5-3-4-6-11-25/h1,7-8,12-14H,3-6,9-11,15H2/b20-12-. The van der Waals surface area contributed by atoms with Gasteiger partial charge in [0.2, 0.25) is 5.91 Å². The number of likely N-dealkylation sites (tertiary alicyclic amines) is 1. The van der Waals surface area contributed by atoms with Gasteiger partial charge in [0.15, 0.2) is 0 Å². The largest absolute Gasteiger partial charge is 0.341 e. The number of carbonyl (C=O) groups excluding carboxylic acids is 3. The van der Waals surface area contributed by atoms with E-state index in [0.717, 1.165) is 63.5 Å². The Hall–Kier alpha value is -2.50. The van der Waals surface area contributed by atoms with Crippen LogP contribution in [0.2, 0.25) is 0 Å². The van der Waals surface area contributed by atoms with Crippen molar-refractivity contribution in [2.24, 2.45) is 0 Å². The van der Waals surface area contributed by atoms with Crippen molar-refractivity contribution in [1.29, 1.82) is 0 Å². The number of hydrogen-bond acceptors (Lipinski definition) is 4. The minimum absolute atomic E-state index is 0.0420. The summed E-state index contributed by atoms with van der Waals surface area (Å²) in [7, 11) is 0. The normalized spacial score (nSPS) is 18.6. The summed E-state index contributed by atoms with van der Waals surface area (Å²) < 4.78 is 2.82. The van der Waals surface area contributed by atoms with Crippen LogP contribution in [0, 0.1) is 12.3 Å². The van der Waals surface area contributed by atoms with Crippen LogP contribution in [0.1, 0.15) is 31.2 Å². The number of nitrogens with zero attached hydrogens (tertiary/aromatic N) is 3. The average molecular weight is 500 g/mol. The number of halogens is 1. The van der Waals surface area contributed by atoms with Gasteiger partial charge in [0, 0.05) is 40.2 Å². The molecule has 2 aliphatic heterocycles. The second-order valence-electron chi connectivity index (χ2n) is 7.64. The zero-order chi connectivity index (χ0) is 22.0. The number of benzene rings is 1. The predicted molar refractivity (Wildman–Crippen MR) is 126 cm³/mol. The van der Waals surface area contributed by atoms with Gasteiger partial charge in [0.25, 0.3) is 11.1 Å². The van der Waals surface area contributed by atoms with E-state index >= 15 is 0 Å². The van der Waals surface area contributed by atoms with E-state index in [1.165, 1.54) is 12.8 Å². The number of amides is 3. The molecule has 0 bridgehead atoms. The van der Waals surface area contributed by atoms with E-state index in [9.17, 15) is 14.4 Å². The first kappa shape index (κ1) is 21.7. The van der Waals surface area contributed by atoms with Gasteiger partial charge in [-0.2, -0.15) is 0 Å². The molecule has 4 rings (SSSR count). The topological polar surface area (TPSA) is 62.6 Å². The molecule has 3 heterocycles. The van der Waals surface area contributed by atoms with Crippen LogP contribution >= 0.6 is 27.7 Å². The number of fused-ring (bicyclic) bond motifs is 1. The molecule has 160 valence electrons. The molecule has 6 nitrogen and oxygen atoms in total. The zero-order valence-corrected chi connectivity index (χ0v) is 19.4. The highest BCUT2D eigenvalue weighted by molar-refractivity contribution is 9.10. The monoisotopic (exact) mass is 499 g/mol. The smallest absolute Gasteiger partial charge is 0.294 e. The Kier molecular flexibility index (Phi) is 6.54. The van der Waals surface area contributed by atoms with E-state index in [0.29, 0.717) is 4.91 Å². The summed E-state index contributed by atoms with van der Waals surface area (Å²) in [5.74, 6) is 2.06. The third-order valence-electron chi connectivity index (χ3n) is 5.55. The minimum Gasteiger partial charge on any atom is -0.341 e. The lowest BCUT2D eigenvalue weighted by atomic mass is 10.1. The van der Waals surface area contributed by atoms with Crippen molar-refractivity contribution >= 4 is 61.7 Å². The lowest BCUT2D eigenvalue weighted by Gasteiger charge is -2.20. The fourth-order valence-corrected chi connectivity index (χ4v) is 5.17. The first-order chi connectivity index (χ1) is 15.0. The molecule has 31 heavy (non-hydrogen) atoms. The number of rotatable bonds is 4. The van der Waals surface area contributed by atoms with Gasteiger partial charge < -0.3 is 9.47 Å². The van der Waals surface area contributed by atoms with Crippen molar-refractivity contribution < 1.29 is 14.4 Å². The highest BCUT2D eigenvalue weighted by atomic mass is 79.9.